The van der Waals surface area contributed by atoms with Gasteiger partial charge < -0.3 is 89.1 Å². The Kier molecular flexibility index (Phi) is 54.4. The van der Waals surface area contributed by atoms with Crippen molar-refractivity contribution in [3.63, 3.8) is 0 Å². The number of carbonyl (C=O) groups excluding carboxylic acids is 3. The van der Waals surface area contributed by atoms with Gasteiger partial charge in [-0.3, -0.25) is 23.4 Å². The van der Waals surface area contributed by atoms with Gasteiger partial charge in [0.05, 0.1) is 13.2 Å². The topological polar surface area (TPSA) is 374 Å². The van der Waals surface area contributed by atoms with Crippen molar-refractivity contribution in [1.82, 2.24) is 0 Å². The van der Waals surface area contributed by atoms with Crippen LogP contribution in [-0.4, -0.2) is 204 Å². The third-order valence-corrected chi connectivity index (χ3v) is 21.4. The molecule has 18 atom stereocenters. The van der Waals surface area contributed by atoms with Gasteiger partial charge in [-0.1, -0.05) is 303 Å². The van der Waals surface area contributed by atoms with Gasteiger partial charge in [-0.15, -0.1) is 0 Å². The lowest BCUT2D eigenvalue weighted by Crippen LogP contribution is -2.69. The first-order chi connectivity index (χ1) is 49.3. The standard InChI is InChI=1S/C77H145O24P/c1-4-7-10-13-16-19-22-25-28-31-33-36-39-42-45-48-51-61(79)93-55-58(96-63(81)53-50-47-44-41-38-35-30-27-24-21-18-15-12-9-6-3)56-95-102(91,92)101-75-73(99-76-71(89)66(84)64(82)59(54-78)97-76)69(87)68(86)70(88)74(75)100-77-72(90)67(85)65(83)60(98-77)57-94-62(80)52-49-46-43-40-37-34-32-29-26-23-20-17-14-11-8-5-2/h58-60,64-78,82-90H,4-57H2,1-3H3,(H,91,92). The number of phosphoric acid groups is 1. The summed E-state index contributed by atoms with van der Waals surface area (Å²) >= 11 is 0. The highest BCUT2D eigenvalue weighted by atomic mass is 31.2. The lowest BCUT2D eigenvalue weighted by Gasteiger charge is -2.49. The van der Waals surface area contributed by atoms with E-state index in [1.54, 1.807) is 0 Å². The van der Waals surface area contributed by atoms with Gasteiger partial charge in [-0.05, 0) is 19.3 Å². The molecule has 0 aromatic heterocycles. The monoisotopic (exact) mass is 1480 g/mol. The fourth-order valence-electron chi connectivity index (χ4n) is 13.8. The predicted molar refractivity (Wildman–Crippen MR) is 389 cm³/mol. The molecular weight excluding hydrogens is 1340 g/mol. The van der Waals surface area contributed by atoms with Crippen LogP contribution < -0.4 is 0 Å². The lowest BCUT2D eigenvalue weighted by atomic mass is 9.84. The summed E-state index contributed by atoms with van der Waals surface area (Å²) < 4.78 is 65.2. The molecule has 0 amide bonds. The molecule has 0 aromatic carbocycles. The summed E-state index contributed by atoms with van der Waals surface area (Å²) in [5, 5.41) is 110. The fraction of sp³-hybridized carbons (Fsp3) is 0.961. The van der Waals surface area contributed by atoms with Crippen LogP contribution in [0.2, 0.25) is 0 Å². The van der Waals surface area contributed by atoms with Crippen molar-refractivity contribution < 1.29 is 117 Å². The molecule has 0 bridgehead atoms. The Hall–Kier alpha value is -2.04. The molecule has 3 fully saturated rings. The second-order valence-corrected chi connectivity index (χ2v) is 30.9. The van der Waals surface area contributed by atoms with Gasteiger partial charge in [-0.25, -0.2) is 4.57 Å². The molecule has 1 saturated carbocycles. The van der Waals surface area contributed by atoms with Crippen molar-refractivity contribution in [2.45, 2.75) is 446 Å². The summed E-state index contributed by atoms with van der Waals surface area (Å²) in [6, 6.07) is 0. The van der Waals surface area contributed by atoms with Crippen molar-refractivity contribution in [3.05, 3.63) is 0 Å². The molecule has 3 rings (SSSR count). The molecule has 0 spiro atoms. The van der Waals surface area contributed by atoms with Crippen LogP contribution >= 0.6 is 7.82 Å². The minimum absolute atomic E-state index is 0.0327. The van der Waals surface area contributed by atoms with E-state index in [9.17, 15) is 74.9 Å². The summed E-state index contributed by atoms with van der Waals surface area (Å²) in [4.78, 5) is 51.2. The zero-order chi connectivity index (χ0) is 74.6. The number of hydrogen-bond donors (Lipinski definition) is 11. The number of phosphoric ester groups is 1. The van der Waals surface area contributed by atoms with Crippen molar-refractivity contribution in [2.24, 2.45) is 0 Å². The van der Waals surface area contributed by atoms with E-state index in [-0.39, 0.29) is 19.3 Å². The van der Waals surface area contributed by atoms with E-state index in [4.69, 9.17) is 42.2 Å². The molecule has 2 aliphatic heterocycles. The third kappa shape index (κ3) is 41.0. The summed E-state index contributed by atoms with van der Waals surface area (Å²) in [5.41, 5.74) is 0. The molecule has 3 aliphatic rings. The molecule has 1 aliphatic carbocycles. The second-order valence-electron chi connectivity index (χ2n) is 29.5. The number of ether oxygens (including phenoxy) is 7. The van der Waals surface area contributed by atoms with Crippen LogP contribution in [-0.2, 0) is 61.2 Å². The minimum atomic E-state index is -5.69. The second kappa shape index (κ2) is 58.9. The predicted octanol–water partition coefficient (Wildman–Crippen LogP) is 12.5. The molecule has 24 nitrogen and oxygen atoms in total. The highest BCUT2D eigenvalue weighted by Crippen LogP contribution is 2.49. The van der Waals surface area contributed by atoms with E-state index in [1.807, 2.05) is 0 Å². The van der Waals surface area contributed by atoms with Crippen molar-refractivity contribution in [3.8, 4) is 0 Å². The molecule has 2 heterocycles. The quantitative estimate of drug-likeness (QED) is 0.0117. The smallest absolute Gasteiger partial charge is 0.463 e. The maximum Gasteiger partial charge on any atom is 0.472 e. The first kappa shape index (κ1) is 94.2. The van der Waals surface area contributed by atoms with Crippen LogP contribution in [0.25, 0.3) is 0 Å². The number of rotatable bonds is 65. The van der Waals surface area contributed by atoms with Crippen LogP contribution in [0.3, 0.4) is 0 Å². The summed E-state index contributed by atoms with van der Waals surface area (Å²) in [7, 11) is -5.69. The zero-order valence-electron chi connectivity index (χ0n) is 63.2. The van der Waals surface area contributed by atoms with E-state index in [2.05, 4.69) is 20.8 Å². The van der Waals surface area contributed by atoms with Crippen molar-refractivity contribution in [2.75, 3.05) is 26.4 Å². The van der Waals surface area contributed by atoms with E-state index in [0.29, 0.717) is 19.3 Å². The molecule has 102 heavy (non-hydrogen) atoms. The normalized spacial score (nSPS) is 27.0. The first-order valence-corrected chi connectivity index (χ1v) is 42.3. The largest absolute Gasteiger partial charge is 0.472 e. The van der Waals surface area contributed by atoms with Gasteiger partial charge in [0, 0.05) is 19.3 Å². The molecular formula is C77H145O24P. The lowest BCUT2D eigenvalue weighted by molar-refractivity contribution is -0.360. The molecule has 0 radical (unpaired) electrons. The van der Waals surface area contributed by atoms with Gasteiger partial charge in [0.2, 0.25) is 0 Å². The number of aliphatic hydroxyl groups excluding tert-OH is 10. The number of esters is 3. The number of carbonyl (C=O) groups is 3. The number of unbranched alkanes of at least 4 members (excludes halogenated alkanes) is 44. The van der Waals surface area contributed by atoms with Gasteiger partial charge in [-0.2, -0.15) is 0 Å². The zero-order valence-corrected chi connectivity index (χ0v) is 64.1. The maximum atomic E-state index is 14.4. The molecule has 18 unspecified atom stereocenters. The molecule has 0 aromatic rings. The first-order valence-electron chi connectivity index (χ1n) is 40.8. The van der Waals surface area contributed by atoms with Gasteiger partial charge >= 0.3 is 25.7 Å². The number of hydrogen-bond acceptors (Lipinski definition) is 23. The Labute approximate surface area is 612 Å². The molecule has 602 valence electrons. The van der Waals surface area contributed by atoms with Crippen LogP contribution in [0.1, 0.15) is 342 Å². The summed E-state index contributed by atoms with van der Waals surface area (Å²) in [6.45, 7) is 3.52. The average Bonchev–Trinajstić information content (AvgIpc) is 0.761. The maximum absolute atomic E-state index is 14.4. The van der Waals surface area contributed by atoms with E-state index >= 15 is 0 Å². The fourth-order valence-corrected chi connectivity index (χ4v) is 14.7. The Balaban J connectivity index is 1.70. The van der Waals surface area contributed by atoms with Crippen molar-refractivity contribution in [1.29, 1.82) is 0 Å². The summed E-state index contributed by atoms with van der Waals surface area (Å²) in [5.74, 6) is -1.97. The van der Waals surface area contributed by atoms with Crippen LogP contribution in [0.5, 0.6) is 0 Å². The van der Waals surface area contributed by atoms with Crippen LogP contribution in [0, 0.1) is 0 Å². The Bertz CT molecular complexity index is 2100. The molecule has 11 N–H and O–H groups in total. The van der Waals surface area contributed by atoms with Gasteiger partial charge in [0.25, 0.3) is 0 Å². The minimum Gasteiger partial charge on any atom is -0.463 e. The van der Waals surface area contributed by atoms with Crippen molar-refractivity contribution >= 4 is 25.7 Å². The molecule has 25 heteroatoms. The van der Waals surface area contributed by atoms with E-state index < -0.39 is 156 Å². The molecule has 2 saturated heterocycles. The van der Waals surface area contributed by atoms with Crippen LogP contribution in [0.15, 0.2) is 0 Å². The van der Waals surface area contributed by atoms with E-state index in [0.717, 1.165) is 89.9 Å². The van der Waals surface area contributed by atoms with Gasteiger partial charge in [0.1, 0.15) is 98.7 Å². The third-order valence-electron chi connectivity index (χ3n) is 20.4. The van der Waals surface area contributed by atoms with Gasteiger partial charge in [0.15, 0.2) is 18.7 Å². The Morgan fingerprint density at radius 2 is 0.627 bits per heavy atom. The SMILES string of the molecule is CCCCCCCCCCCCCCCCCCC(=O)OCC(COP(=O)(O)OC1C(OC2OC(CO)C(O)C(O)C2O)C(O)C(O)C(O)C1OC1OC(COC(=O)CCCCCCCCCCCCCCCCCC)C(O)C(O)C1O)OC(=O)CCCCCCCCCCCCCCCCC. The average molecular weight is 1490 g/mol. The Morgan fingerprint density at radius 1 is 0.343 bits per heavy atom. The van der Waals surface area contributed by atoms with Crippen LogP contribution in [0.4, 0.5) is 0 Å². The number of aliphatic hydroxyl groups is 10. The summed E-state index contributed by atoms with van der Waals surface area (Å²) in [6.07, 6.45) is 18.5. The highest BCUT2D eigenvalue weighted by molar-refractivity contribution is 7.47. The highest BCUT2D eigenvalue weighted by Gasteiger charge is 2.58. The Morgan fingerprint density at radius 3 is 0.961 bits per heavy atom. The van der Waals surface area contributed by atoms with E-state index in [1.165, 1.54) is 193 Å².